The average Bonchev–Trinajstić information content (AvgIpc) is 2.78. The number of hydrogen-bond acceptors (Lipinski definition) is 4. The van der Waals surface area contributed by atoms with Gasteiger partial charge in [0.2, 0.25) is 6.10 Å². The zero-order valence-electron chi connectivity index (χ0n) is 16.5. The summed E-state index contributed by atoms with van der Waals surface area (Å²) in [7, 11) is 0. The van der Waals surface area contributed by atoms with Gasteiger partial charge >= 0.3 is 6.03 Å². The van der Waals surface area contributed by atoms with Gasteiger partial charge in [-0.05, 0) is 42.3 Å². The summed E-state index contributed by atoms with van der Waals surface area (Å²) < 4.78 is 5.93. The lowest BCUT2D eigenvalue weighted by Gasteiger charge is -2.19. The van der Waals surface area contributed by atoms with Crippen LogP contribution >= 0.6 is 0 Å². The number of hydrogen-bond donors (Lipinski definition) is 2. The van der Waals surface area contributed by atoms with Gasteiger partial charge in [0.05, 0.1) is 11.6 Å². The van der Waals surface area contributed by atoms with Crippen molar-refractivity contribution in [2.45, 2.75) is 13.0 Å². The van der Waals surface area contributed by atoms with Crippen LogP contribution in [0.4, 0.5) is 4.79 Å². The maximum atomic E-state index is 12.7. The van der Waals surface area contributed by atoms with E-state index in [1.54, 1.807) is 55.5 Å². The molecule has 0 aliphatic rings. The van der Waals surface area contributed by atoms with Gasteiger partial charge in [0, 0.05) is 12.1 Å². The van der Waals surface area contributed by atoms with Crippen molar-refractivity contribution in [1.29, 1.82) is 5.26 Å². The second kappa shape index (κ2) is 9.89. The zero-order chi connectivity index (χ0) is 21.3. The van der Waals surface area contributed by atoms with E-state index in [9.17, 15) is 9.59 Å². The molecule has 150 valence electrons. The van der Waals surface area contributed by atoms with Crippen LogP contribution in [-0.4, -0.2) is 18.5 Å². The van der Waals surface area contributed by atoms with Gasteiger partial charge in [-0.15, -0.1) is 0 Å². The van der Waals surface area contributed by atoms with Gasteiger partial charge in [0.1, 0.15) is 5.75 Å². The highest BCUT2D eigenvalue weighted by Gasteiger charge is 2.24. The lowest BCUT2D eigenvalue weighted by molar-refractivity contribution is -0.127. The number of nitrogens with zero attached hydrogens (tertiary/aromatic N) is 1. The molecule has 0 saturated heterocycles. The van der Waals surface area contributed by atoms with Crippen LogP contribution in [0.5, 0.6) is 5.75 Å². The molecule has 0 aliphatic carbocycles. The summed E-state index contributed by atoms with van der Waals surface area (Å²) in [5, 5.41) is 13.8. The number of benzene rings is 3. The normalized spacial score (nSPS) is 11.1. The van der Waals surface area contributed by atoms with Crippen LogP contribution in [0.3, 0.4) is 0 Å². The van der Waals surface area contributed by atoms with Crippen molar-refractivity contribution in [3.05, 3.63) is 90.0 Å². The Balaban J connectivity index is 1.79. The van der Waals surface area contributed by atoms with Crippen molar-refractivity contribution in [2.75, 3.05) is 6.54 Å². The minimum Gasteiger partial charge on any atom is -0.476 e. The Morgan fingerprint density at radius 1 is 0.933 bits per heavy atom. The molecule has 1 atom stereocenters. The predicted octanol–water partition coefficient (Wildman–Crippen LogP) is 4.19. The molecular formula is C24H21N3O3. The van der Waals surface area contributed by atoms with E-state index >= 15 is 0 Å². The minimum atomic E-state index is -0.977. The molecule has 0 aromatic heterocycles. The van der Waals surface area contributed by atoms with Gasteiger partial charge in [-0.25, -0.2) is 4.79 Å². The maximum Gasteiger partial charge on any atom is 0.321 e. The fourth-order valence-electron chi connectivity index (χ4n) is 2.88. The topological polar surface area (TPSA) is 91.2 Å². The highest BCUT2D eigenvalue weighted by molar-refractivity contribution is 5.97. The lowest BCUT2D eigenvalue weighted by Crippen LogP contribution is -2.42. The molecule has 0 aliphatic heterocycles. The first-order valence-electron chi connectivity index (χ1n) is 9.51. The quantitative estimate of drug-likeness (QED) is 0.650. The molecule has 3 aromatic carbocycles. The van der Waals surface area contributed by atoms with E-state index < -0.39 is 18.0 Å². The zero-order valence-corrected chi connectivity index (χ0v) is 16.5. The summed E-state index contributed by atoms with van der Waals surface area (Å²) in [5.41, 5.74) is 3.15. The minimum absolute atomic E-state index is 0.410. The van der Waals surface area contributed by atoms with E-state index in [4.69, 9.17) is 10.00 Å². The summed E-state index contributed by atoms with van der Waals surface area (Å²) in [6.07, 6.45) is -0.977. The number of nitriles is 1. The number of rotatable bonds is 6. The summed E-state index contributed by atoms with van der Waals surface area (Å²) in [5.74, 6) is -0.0596. The number of urea groups is 1. The van der Waals surface area contributed by atoms with Crippen LogP contribution < -0.4 is 15.4 Å². The third-order valence-electron chi connectivity index (χ3n) is 4.37. The molecule has 3 aromatic rings. The molecule has 6 nitrogen and oxygen atoms in total. The Bertz CT molecular complexity index is 1040. The molecule has 3 amide bonds. The fourth-order valence-corrected chi connectivity index (χ4v) is 2.88. The van der Waals surface area contributed by atoms with Crippen molar-refractivity contribution in [3.8, 4) is 22.9 Å². The Morgan fingerprint density at radius 2 is 1.53 bits per heavy atom. The molecule has 2 N–H and O–H groups in total. The molecule has 0 saturated carbocycles. The van der Waals surface area contributed by atoms with Gasteiger partial charge in [-0.2, -0.15) is 5.26 Å². The standard InChI is InChI=1S/C24H21N3O3/c1-2-26-24(29)27-23(28)22(20-6-4-3-5-7-20)30-21-14-12-19(13-15-21)18-10-8-17(16-25)9-11-18/h3-15,22H,2H2,1H3,(H2,26,27,28,29)/t22-/m1/s1. The van der Waals surface area contributed by atoms with Crippen molar-refractivity contribution >= 4 is 11.9 Å². The van der Waals surface area contributed by atoms with Gasteiger partial charge in [-0.3, -0.25) is 10.1 Å². The second-order valence-corrected chi connectivity index (χ2v) is 6.47. The molecule has 3 rings (SSSR count). The van der Waals surface area contributed by atoms with Gasteiger partial charge in [-0.1, -0.05) is 54.6 Å². The van der Waals surface area contributed by atoms with E-state index in [1.165, 1.54) is 0 Å². The van der Waals surface area contributed by atoms with Crippen molar-refractivity contribution in [3.63, 3.8) is 0 Å². The van der Waals surface area contributed by atoms with Crippen molar-refractivity contribution in [1.82, 2.24) is 10.6 Å². The molecule has 0 unspecified atom stereocenters. The molecule has 0 spiro atoms. The molecular weight excluding hydrogens is 378 g/mol. The summed E-state index contributed by atoms with van der Waals surface area (Å²) >= 11 is 0. The first-order chi connectivity index (χ1) is 14.6. The third-order valence-corrected chi connectivity index (χ3v) is 4.37. The van der Waals surface area contributed by atoms with Crippen LogP contribution in [0.1, 0.15) is 24.2 Å². The molecule has 0 bridgehead atoms. The Hall–Kier alpha value is -4.11. The van der Waals surface area contributed by atoms with Crippen molar-refractivity contribution < 1.29 is 14.3 Å². The van der Waals surface area contributed by atoms with Crippen LogP contribution in [0.25, 0.3) is 11.1 Å². The second-order valence-electron chi connectivity index (χ2n) is 6.47. The van der Waals surface area contributed by atoms with Crippen molar-refractivity contribution in [2.24, 2.45) is 0 Å². The first-order valence-corrected chi connectivity index (χ1v) is 9.51. The summed E-state index contributed by atoms with van der Waals surface area (Å²) in [6.45, 7) is 2.18. The van der Waals surface area contributed by atoms with E-state index in [0.29, 0.717) is 23.4 Å². The van der Waals surface area contributed by atoms with E-state index in [2.05, 4.69) is 16.7 Å². The number of imide groups is 1. The van der Waals surface area contributed by atoms with Crippen LogP contribution in [0.2, 0.25) is 0 Å². The van der Waals surface area contributed by atoms with E-state index in [0.717, 1.165) is 11.1 Å². The number of carbonyl (C=O) groups excluding carboxylic acids is 2. The maximum absolute atomic E-state index is 12.7. The molecule has 0 heterocycles. The number of amides is 3. The van der Waals surface area contributed by atoms with Crippen LogP contribution in [-0.2, 0) is 4.79 Å². The molecule has 0 fully saturated rings. The summed E-state index contributed by atoms with van der Waals surface area (Å²) in [4.78, 5) is 24.4. The van der Waals surface area contributed by atoms with Crippen LogP contribution in [0, 0.1) is 11.3 Å². The molecule has 0 radical (unpaired) electrons. The first kappa shape index (κ1) is 20.6. The van der Waals surface area contributed by atoms with E-state index in [1.807, 2.05) is 30.3 Å². The number of nitrogens with one attached hydrogen (secondary N) is 2. The molecule has 6 heteroatoms. The van der Waals surface area contributed by atoms with E-state index in [-0.39, 0.29) is 0 Å². The lowest BCUT2D eigenvalue weighted by atomic mass is 10.0. The Kier molecular flexibility index (Phi) is 6.80. The SMILES string of the molecule is CCNC(=O)NC(=O)[C@H](Oc1ccc(-c2ccc(C#N)cc2)cc1)c1ccccc1. The predicted molar refractivity (Wildman–Crippen MR) is 114 cm³/mol. The van der Waals surface area contributed by atoms with Gasteiger partial charge in [0.25, 0.3) is 5.91 Å². The smallest absolute Gasteiger partial charge is 0.321 e. The summed E-state index contributed by atoms with van der Waals surface area (Å²) in [6, 6.07) is 25.1. The van der Waals surface area contributed by atoms with Gasteiger partial charge < -0.3 is 10.1 Å². The fraction of sp³-hybridized carbons (Fsp3) is 0.125. The highest BCUT2D eigenvalue weighted by atomic mass is 16.5. The molecule has 30 heavy (non-hydrogen) atoms. The number of ether oxygens (including phenoxy) is 1. The Labute approximate surface area is 175 Å². The Morgan fingerprint density at radius 3 is 2.10 bits per heavy atom. The monoisotopic (exact) mass is 399 g/mol. The van der Waals surface area contributed by atoms with Gasteiger partial charge in [0.15, 0.2) is 0 Å². The highest BCUT2D eigenvalue weighted by Crippen LogP contribution is 2.26. The van der Waals surface area contributed by atoms with Crippen LogP contribution in [0.15, 0.2) is 78.9 Å². The largest absolute Gasteiger partial charge is 0.476 e. The number of carbonyl (C=O) groups is 2. The average molecular weight is 399 g/mol. The third kappa shape index (κ3) is 5.24.